The van der Waals surface area contributed by atoms with Crippen LogP contribution in [0, 0.1) is 17.1 Å². The molecular weight excluding hydrogens is 313 g/mol. The quantitative estimate of drug-likeness (QED) is 0.786. The van der Waals surface area contributed by atoms with Crippen LogP contribution in [0.15, 0.2) is 24.5 Å². The molecule has 8 nitrogen and oxygen atoms in total. The Balaban J connectivity index is 1.55. The Morgan fingerprint density at radius 2 is 2.08 bits per heavy atom. The average molecular weight is 329 g/mol. The van der Waals surface area contributed by atoms with Crippen LogP contribution in [0.3, 0.4) is 0 Å². The lowest BCUT2D eigenvalue weighted by Gasteiger charge is -2.34. The van der Waals surface area contributed by atoms with Gasteiger partial charge in [0.15, 0.2) is 0 Å². The van der Waals surface area contributed by atoms with Gasteiger partial charge in [-0.05, 0) is 22.1 Å². The fourth-order valence-electron chi connectivity index (χ4n) is 2.71. The lowest BCUT2D eigenvalue weighted by atomic mass is 10.1. The van der Waals surface area contributed by atoms with E-state index in [2.05, 4.69) is 20.4 Å². The predicted molar refractivity (Wildman–Crippen MR) is 80.8 cm³/mol. The van der Waals surface area contributed by atoms with Gasteiger partial charge >= 0.3 is 0 Å². The number of nitriles is 1. The molecule has 2 heterocycles. The van der Waals surface area contributed by atoms with Gasteiger partial charge in [0.2, 0.25) is 5.91 Å². The van der Waals surface area contributed by atoms with E-state index in [1.807, 2.05) is 6.07 Å². The summed E-state index contributed by atoms with van der Waals surface area (Å²) in [4.78, 5) is 16.0. The first-order chi connectivity index (χ1) is 11.7. The van der Waals surface area contributed by atoms with Gasteiger partial charge in [-0.2, -0.15) is 5.26 Å². The summed E-state index contributed by atoms with van der Waals surface area (Å²) in [6, 6.07) is 6.58. The van der Waals surface area contributed by atoms with E-state index in [1.165, 1.54) is 17.1 Å². The number of hydrogen-bond donors (Lipinski definition) is 0. The van der Waals surface area contributed by atoms with Crippen molar-refractivity contribution in [1.82, 2.24) is 30.0 Å². The molecule has 0 saturated carbocycles. The van der Waals surface area contributed by atoms with Crippen LogP contribution in [0.4, 0.5) is 4.39 Å². The molecule has 0 radical (unpaired) electrons. The molecule has 0 atom stereocenters. The molecule has 0 aliphatic carbocycles. The number of nitrogens with zero attached hydrogens (tertiary/aromatic N) is 7. The molecule has 0 unspecified atom stereocenters. The molecule has 1 aromatic heterocycles. The molecule has 124 valence electrons. The van der Waals surface area contributed by atoms with Crippen LogP contribution in [0.1, 0.15) is 11.1 Å². The van der Waals surface area contributed by atoms with Gasteiger partial charge in [0.25, 0.3) is 0 Å². The Morgan fingerprint density at radius 3 is 2.75 bits per heavy atom. The van der Waals surface area contributed by atoms with Gasteiger partial charge in [0.05, 0.1) is 5.56 Å². The summed E-state index contributed by atoms with van der Waals surface area (Å²) < 4.78 is 15.0. The lowest BCUT2D eigenvalue weighted by Crippen LogP contribution is -2.49. The molecule has 1 fully saturated rings. The minimum absolute atomic E-state index is 0.0366. The first-order valence-electron chi connectivity index (χ1n) is 7.56. The maximum Gasteiger partial charge on any atom is 0.244 e. The third-order valence-electron chi connectivity index (χ3n) is 4.02. The van der Waals surface area contributed by atoms with Crippen molar-refractivity contribution in [2.45, 2.75) is 13.1 Å². The van der Waals surface area contributed by atoms with Crippen molar-refractivity contribution in [3.8, 4) is 6.07 Å². The van der Waals surface area contributed by atoms with Crippen molar-refractivity contribution in [3.63, 3.8) is 0 Å². The summed E-state index contributed by atoms with van der Waals surface area (Å²) in [7, 11) is 0. The Morgan fingerprint density at radius 1 is 1.29 bits per heavy atom. The number of tetrazole rings is 1. The molecule has 2 aromatic rings. The van der Waals surface area contributed by atoms with Crippen LogP contribution in [-0.2, 0) is 17.9 Å². The zero-order valence-corrected chi connectivity index (χ0v) is 13.0. The fourth-order valence-corrected chi connectivity index (χ4v) is 2.71. The molecule has 1 amide bonds. The number of carbonyl (C=O) groups excluding carboxylic acids is 1. The summed E-state index contributed by atoms with van der Waals surface area (Å²) >= 11 is 0. The number of amides is 1. The third kappa shape index (κ3) is 3.55. The number of piperazine rings is 1. The maximum atomic E-state index is 13.6. The third-order valence-corrected chi connectivity index (χ3v) is 4.02. The number of aromatic nitrogens is 4. The van der Waals surface area contributed by atoms with E-state index in [0.717, 1.165) is 0 Å². The molecule has 0 N–H and O–H groups in total. The maximum absolute atomic E-state index is 13.6. The Hall–Kier alpha value is -2.86. The van der Waals surface area contributed by atoms with Gasteiger partial charge in [0.1, 0.15) is 24.8 Å². The highest BCUT2D eigenvalue weighted by Gasteiger charge is 2.22. The number of carbonyl (C=O) groups is 1. The monoisotopic (exact) mass is 329 g/mol. The van der Waals surface area contributed by atoms with E-state index in [-0.39, 0.29) is 18.0 Å². The highest BCUT2D eigenvalue weighted by atomic mass is 19.1. The normalized spacial score (nSPS) is 15.2. The summed E-state index contributed by atoms with van der Waals surface area (Å²) in [6.07, 6.45) is 1.40. The molecule has 1 saturated heterocycles. The van der Waals surface area contributed by atoms with E-state index in [0.29, 0.717) is 38.3 Å². The standard InChI is InChI=1S/C15H16FN7O/c16-14-3-1-2-12(13(14)8-17)9-21-4-6-22(7-5-21)15(24)10-23-11-18-19-20-23/h1-3,11H,4-7,9-10H2. The van der Waals surface area contributed by atoms with Crippen LogP contribution in [0.25, 0.3) is 0 Å². The van der Waals surface area contributed by atoms with E-state index in [4.69, 9.17) is 5.26 Å². The molecule has 9 heteroatoms. The van der Waals surface area contributed by atoms with Crippen LogP contribution in [-0.4, -0.2) is 62.1 Å². The van der Waals surface area contributed by atoms with Crippen molar-refractivity contribution in [2.75, 3.05) is 26.2 Å². The second-order valence-electron chi connectivity index (χ2n) is 5.55. The predicted octanol–water partition coefficient (Wildman–Crippen LogP) is 0.0283. The topological polar surface area (TPSA) is 90.9 Å². The fraction of sp³-hybridized carbons (Fsp3) is 0.400. The van der Waals surface area contributed by atoms with E-state index < -0.39 is 5.82 Å². The van der Waals surface area contributed by atoms with Crippen molar-refractivity contribution >= 4 is 5.91 Å². The summed E-state index contributed by atoms with van der Waals surface area (Å²) in [5.74, 6) is -0.532. The van der Waals surface area contributed by atoms with Crippen LogP contribution < -0.4 is 0 Å². The van der Waals surface area contributed by atoms with Crippen molar-refractivity contribution in [2.24, 2.45) is 0 Å². The number of benzene rings is 1. The number of hydrogen-bond acceptors (Lipinski definition) is 6. The summed E-state index contributed by atoms with van der Waals surface area (Å²) in [5.41, 5.74) is 0.764. The number of rotatable bonds is 4. The van der Waals surface area contributed by atoms with Crippen molar-refractivity contribution in [3.05, 3.63) is 41.5 Å². The van der Waals surface area contributed by atoms with Gasteiger partial charge in [0, 0.05) is 32.7 Å². The zero-order chi connectivity index (χ0) is 16.9. The van der Waals surface area contributed by atoms with Crippen LogP contribution in [0.5, 0.6) is 0 Å². The van der Waals surface area contributed by atoms with Crippen molar-refractivity contribution < 1.29 is 9.18 Å². The van der Waals surface area contributed by atoms with E-state index in [9.17, 15) is 9.18 Å². The summed E-state index contributed by atoms with van der Waals surface area (Å²) in [5, 5.41) is 19.8. The molecule has 0 spiro atoms. The Labute approximate surface area is 138 Å². The van der Waals surface area contributed by atoms with Gasteiger partial charge < -0.3 is 4.90 Å². The molecule has 1 aliphatic rings. The SMILES string of the molecule is N#Cc1c(F)cccc1CN1CCN(C(=O)Cn2cnnn2)CC1. The van der Waals surface area contributed by atoms with Crippen LogP contribution >= 0.6 is 0 Å². The van der Waals surface area contributed by atoms with Gasteiger partial charge in [-0.3, -0.25) is 9.69 Å². The molecule has 3 rings (SSSR count). The van der Waals surface area contributed by atoms with Crippen molar-refractivity contribution in [1.29, 1.82) is 5.26 Å². The largest absolute Gasteiger partial charge is 0.339 e. The second-order valence-corrected chi connectivity index (χ2v) is 5.55. The molecule has 0 bridgehead atoms. The van der Waals surface area contributed by atoms with Gasteiger partial charge in [-0.15, -0.1) is 5.10 Å². The zero-order valence-electron chi connectivity index (χ0n) is 13.0. The van der Waals surface area contributed by atoms with Crippen LogP contribution in [0.2, 0.25) is 0 Å². The highest BCUT2D eigenvalue weighted by Crippen LogP contribution is 2.16. The molecule has 24 heavy (non-hydrogen) atoms. The molecular formula is C15H16FN7O. The molecule has 1 aliphatic heterocycles. The molecule has 1 aromatic carbocycles. The smallest absolute Gasteiger partial charge is 0.244 e. The van der Waals surface area contributed by atoms with Gasteiger partial charge in [-0.25, -0.2) is 9.07 Å². The summed E-state index contributed by atoms with van der Waals surface area (Å²) in [6.45, 7) is 3.12. The van der Waals surface area contributed by atoms with E-state index in [1.54, 1.807) is 17.0 Å². The Bertz CT molecular complexity index is 748. The van der Waals surface area contributed by atoms with E-state index >= 15 is 0 Å². The Kier molecular flexibility index (Phi) is 4.77. The lowest BCUT2D eigenvalue weighted by molar-refractivity contribution is -0.133. The minimum atomic E-state index is -0.495. The first-order valence-corrected chi connectivity index (χ1v) is 7.56. The highest BCUT2D eigenvalue weighted by molar-refractivity contribution is 5.76. The minimum Gasteiger partial charge on any atom is -0.339 e. The second kappa shape index (κ2) is 7.14. The first kappa shape index (κ1) is 16.0. The van der Waals surface area contributed by atoms with Gasteiger partial charge in [-0.1, -0.05) is 12.1 Å². The average Bonchev–Trinajstić information content (AvgIpc) is 3.09. The number of halogens is 1.